The summed E-state index contributed by atoms with van der Waals surface area (Å²) in [4.78, 5) is 27.9. The number of fused-ring (bicyclic) bond motifs is 1. The van der Waals surface area contributed by atoms with Gasteiger partial charge in [0.05, 0.1) is 5.56 Å². The van der Waals surface area contributed by atoms with E-state index >= 15 is 0 Å². The molecular formula is C31H26F3N3O2. The third kappa shape index (κ3) is 5.56. The van der Waals surface area contributed by atoms with Gasteiger partial charge in [-0.1, -0.05) is 78.9 Å². The average Bonchev–Trinajstić information content (AvgIpc) is 2.95. The number of rotatable bonds is 5. The predicted octanol–water partition coefficient (Wildman–Crippen LogP) is 6.33. The second kappa shape index (κ2) is 10.7. The molecule has 0 fully saturated rings. The molecule has 0 aliphatic carbocycles. The van der Waals surface area contributed by atoms with E-state index in [4.69, 9.17) is 5.73 Å². The van der Waals surface area contributed by atoms with Gasteiger partial charge in [0.2, 0.25) is 0 Å². The van der Waals surface area contributed by atoms with Gasteiger partial charge >= 0.3 is 12.2 Å². The lowest BCUT2D eigenvalue weighted by molar-refractivity contribution is -0.137. The van der Waals surface area contributed by atoms with Crippen LogP contribution in [0.2, 0.25) is 0 Å². The Labute approximate surface area is 224 Å². The molecule has 1 aliphatic rings. The van der Waals surface area contributed by atoms with Crippen molar-refractivity contribution in [1.29, 1.82) is 0 Å². The number of alkyl halides is 3. The van der Waals surface area contributed by atoms with Crippen LogP contribution in [0.4, 0.5) is 18.0 Å². The van der Waals surface area contributed by atoms with Gasteiger partial charge in [-0.2, -0.15) is 13.2 Å². The van der Waals surface area contributed by atoms with E-state index in [1.54, 1.807) is 47.4 Å². The van der Waals surface area contributed by atoms with E-state index in [1.807, 2.05) is 30.3 Å². The van der Waals surface area contributed by atoms with Crippen molar-refractivity contribution < 1.29 is 22.8 Å². The minimum Gasteiger partial charge on any atom is -0.334 e. The number of carbonyl (C=O) groups is 2. The topological polar surface area (TPSA) is 75.4 Å². The highest BCUT2D eigenvalue weighted by molar-refractivity contribution is 6.13. The van der Waals surface area contributed by atoms with Crippen molar-refractivity contribution in [2.75, 3.05) is 6.54 Å². The normalized spacial score (nSPS) is 15.0. The summed E-state index contributed by atoms with van der Waals surface area (Å²) in [5.41, 5.74) is 10.2. The SMILES string of the molecule is NC1c2ccc(C(=O)c3ccccc3-c3ccc(C(F)(F)F)cc3)cc2CCN1C(=O)NCc1ccccc1. The van der Waals surface area contributed by atoms with E-state index in [1.165, 1.54) is 12.1 Å². The molecule has 4 aromatic carbocycles. The first kappa shape index (κ1) is 26.2. The number of carbonyl (C=O) groups excluding carboxylic acids is 2. The van der Waals surface area contributed by atoms with Crippen LogP contribution in [-0.2, 0) is 19.1 Å². The number of hydrogen-bond acceptors (Lipinski definition) is 3. The minimum atomic E-state index is -4.43. The lowest BCUT2D eigenvalue weighted by Crippen LogP contribution is -2.48. The maximum atomic E-state index is 13.5. The summed E-state index contributed by atoms with van der Waals surface area (Å²) in [6.07, 6.45) is -4.56. The lowest BCUT2D eigenvalue weighted by atomic mass is 9.90. The molecule has 4 aromatic rings. The average molecular weight is 530 g/mol. The molecule has 0 aromatic heterocycles. The zero-order valence-electron chi connectivity index (χ0n) is 20.9. The highest BCUT2D eigenvalue weighted by Crippen LogP contribution is 2.33. The second-order valence-corrected chi connectivity index (χ2v) is 9.40. The Bertz CT molecular complexity index is 1500. The van der Waals surface area contributed by atoms with Crippen molar-refractivity contribution in [3.8, 4) is 11.1 Å². The summed E-state index contributed by atoms with van der Waals surface area (Å²) in [5, 5.41) is 2.90. The number of benzene rings is 4. The molecule has 0 radical (unpaired) electrons. The van der Waals surface area contributed by atoms with Crippen LogP contribution in [-0.4, -0.2) is 23.3 Å². The first-order chi connectivity index (χ1) is 18.7. The summed E-state index contributed by atoms with van der Waals surface area (Å²) < 4.78 is 39.0. The smallest absolute Gasteiger partial charge is 0.334 e. The minimum absolute atomic E-state index is 0.245. The Morgan fingerprint density at radius 1 is 0.897 bits per heavy atom. The van der Waals surface area contributed by atoms with Gasteiger partial charge in [0.15, 0.2) is 5.78 Å². The molecular weight excluding hydrogens is 503 g/mol. The molecule has 1 aliphatic heterocycles. The van der Waals surface area contributed by atoms with Crippen molar-refractivity contribution >= 4 is 11.8 Å². The van der Waals surface area contributed by atoms with E-state index in [0.29, 0.717) is 41.8 Å². The molecule has 1 heterocycles. The van der Waals surface area contributed by atoms with Crippen molar-refractivity contribution in [2.45, 2.75) is 25.3 Å². The molecule has 39 heavy (non-hydrogen) atoms. The summed E-state index contributed by atoms with van der Waals surface area (Å²) >= 11 is 0. The quantitative estimate of drug-likeness (QED) is 0.297. The van der Waals surface area contributed by atoms with Gasteiger partial charge in [0.25, 0.3) is 0 Å². The van der Waals surface area contributed by atoms with Gasteiger partial charge in [-0.15, -0.1) is 0 Å². The molecule has 0 saturated heterocycles. The van der Waals surface area contributed by atoms with Crippen LogP contribution in [0, 0.1) is 0 Å². The van der Waals surface area contributed by atoms with E-state index in [9.17, 15) is 22.8 Å². The van der Waals surface area contributed by atoms with Crippen LogP contribution in [0.1, 0.15) is 44.3 Å². The lowest BCUT2D eigenvalue weighted by Gasteiger charge is -2.35. The van der Waals surface area contributed by atoms with Crippen LogP contribution >= 0.6 is 0 Å². The van der Waals surface area contributed by atoms with Crippen LogP contribution in [0.5, 0.6) is 0 Å². The standard InChI is InChI=1S/C31H26F3N3O2/c32-31(33,34)24-13-10-21(11-14-24)25-8-4-5-9-27(25)28(38)23-12-15-26-22(18-23)16-17-37(29(26)35)30(39)36-19-20-6-2-1-3-7-20/h1-15,18,29H,16-17,19,35H2,(H,36,39). The van der Waals surface area contributed by atoms with Crippen molar-refractivity contribution in [1.82, 2.24) is 10.2 Å². The molecule has 1 atom stereocenters. The highest BCUT2D eigenvalue weighted by atomic mass is 19.4. The van der Waals surface area contributed by atoms with E-state index in [0.717, 1.165) is 28.8 Å². The first-order valence-corrected chi connectivity index (χ1v) is 12.5. The zero-order valence-corrected chi connectivity index (χ0v) is 20.9. The predicted molar refractivity (Wildman–Crippen MR) is 143 cm³/mol. The first-order valence-electron chi connectivity index (χ1n) is 12.5. The largest absolute Gasteiger partial charge is 0.416 e. The molecule has 0 saturated carbocycles. The molecule has 198 valence electrons. The van der Waals surface area contributed by atoms with Gasteiger partial charge < -0.3 is 16.0 Å². The molecule has 0 spiro atoms. The fraction of sp³-hybridized carbons (Fsp3) is 0.161. The van der Waals surface area contributed by atoms with E-state index in [2.05, 4.69) is 5.32 Å². The van der Waals surface area contributed by atoms with E-state index < -0.39 is 17.9 Å². The van der Waals surface area contributed by atoms with Gasteiger partial charge in [0, 0.05) is 24.2 Å². The Kier molecular flexibility index (Phi) is 7.21. The number of halogens is 3. The van der Waals surface area contributed by atoms with Crippen LogP contribution in [0.3, 0.4) is 0 Å². The Hall–Kier alpha value is -4.43. The summed E-state index contributed by atoms with van der Waals surface area (Å²) in [6.45, 7) is 0.788. The van der Waals surface area contributed by atoms with Gasteiger partial charge in [-0.25, -0.2) is 4.79 Å². The fourth-order valence-electron chi connectivity index (χ4n) is 4.83. The number of amides is 2. The van der Waals surface area contributed by atoms with Crippen molar-refractivity contribution in [3.63, 3.8) is 0 Å². The third-order valence-corrected chi connectivity index (χ3v) is 6.92. The molecule has 5 nitrogen and oxygen atoms in total. The summed E-state index contributed by atoms with van der Waals surface area (Å²) in [6, 6.07) is 26.2. The molecule has 2 amide bonds. The van der Waals surface area contributed by atoms with Gasteiger partial charge in [0.1, 0.15) is 6.17 Å². The van der Waals surface area contributed by atoms with Gasteiger partial charge in [-0.3, -0.25) is 4.79 Å². The zero-order chi connectivity index (χ0) is 27.6. The Morgan fingerprint density at radius 2 is 1.59 bits per heavy atom. The maximum Gasteiger partial charge on any atom is 0.416 e. The molecule has 3 N–H and O–H groups in total. The van der Waals surface area contributed by atoms with Crippen molar-refractivity contribution in [3.05, 3.63) is 130 Å². The van der Waals surface area contributed by atoms with Crippen LogP contribution < -0.4 is 11.1 Å². The van der Waals surface area contributed by atoms with Crippen LogP contribution in [0.15, 0.2) is 97.1 Å². The molecule has 5 rings (SSSR count). The van der Waals surface area contributed by atoms with Crippen LogP contribution in [0.25, 0.3) is 11.1 Å². The molecule has 0 bridgehead atoms. The third-order valence-electron chi connectivity index (χ3n) is 6.92. The second-order valence-electron chi connectivity index (χ2n) is 9.40. The molecule has 1 unspecified atom stereocenters. The Morgan fingerprint density at radius 3 is 2.31 bits per heavy atom. The maximum absolute atomic E-state index is 13.5. The monoisotopic (exact) mass is 529 g/mol. The highest BCUT2D eigenvalue weighted by Gasteiger charge is 2.31. The van der Waals surface area contributed by atoms with Gasteiger partial charge in [-0.05, 0) is 52.4 Å². The number of nitrogens with zero attached hydrogens (tertiary/aromatic N) is 1. The number of urea groups is 1. The van der Waals surface area contributed by atoms with E-state index in [-0.39, 0.29) is 11.8 Å². The number of hydrogen-bond donors (Lipinski definition) is 2. The summed E-state index contributed by atoms with van der Waals surface area (Å²) in [5.74, 6) is -0.245. The molecule has 8 heteroatoms. The Balaban J connectivity index is 1.34. The number of nitrogens with two attached hydrogens (primary N) is 1. The number of ketones is 1. The van der Waals surface area contributed by atoms with Crippen molar-refractivity contribution in [2.24, 2.45) is 5.73 Å². The number of nitrogens with one attached hydrogen (secondary N) is 1. The summed E-state index contributed by atoms with van der Waals surface area (Å²) in [7, 11) is 0. The fourth-order valence-corrected chi connectivity index (χ4v) is 4.83.